The Balaban J connectivity index is 1.58. The molecule has 4 aromatic rings. The van der Waals surface area contributed by atoms with Gasteiger partial charge < -0.3 is 14.1 Å². The first-order valence-electron chi connectivity index (χ1n) is 8.63. The number of pyridine rings is 1. The van der Waals surface area contributed by atoms with Crippen LogP contribution >= 0.6 is 0 Å². The molecule has 2 aromatic carbocycles. The van der Waals surface area contributed by atoms with E-state index in [1.54, 1.807) is 25.3 Å². The van der Waals surface area contributed by atoms with Gasteiger partial charge in [-0.3, -0.25) is 4.79 Å². The molecule has 4 rings (SSSR count). The van der Waals surface area contributed by atoms with Crippen LogP contribution in [0.1, 0.15) is 22.9 Å². The van der Waals surface area contributed by atoms with E-state index in [4.69, 9.17) is 15.7 Å². The highest BCUT2D eigenvalue weighted by Crippen LogP contribution is 2.26. The highest BCUT2D eigenvalue weighted by Gasteiger charge is 2.13. The molecule has 0 aliphatic heterocycles. The molecule has 0 saturated carbocycles. The SMILES string of the molecule is [C-]#[N+]c1ccc(OC)c(Cc2nnc(Cc3cc4ccccc4[nH]c3=O)o2)c1. The summed E-state index contributed by atoms with van der Waals surface area (Å²) in [5.41, 5.74) is 2.47. The second-order valence-corrected chi connectivity index (χ2v) is 6.26. The van der Waals surface area contributed by atoms with Crippen molar-refractivity contribution in [3.05, 3.63) is 93.2 Å². The van der Waals surface area contributed by atoms with Gasteiger partial charge >= 0.3 is 0 Å². The van der Waals surface area contributed by atoms with Crippen molar-refractivity contribution in [2.24, 2.45) is 0 Å². The van der Waals surface area contributed by atoms with Crippen molar-refractivity contribution in [1.29, 1.82) is 0 Å². The molecular formula is C21H16N4O3. The van der Waals surface area contributed by atoms with Gasteiger partial charge in [0.05, 0.1) is 26.5 Å². The molecule has 0 amide bonds. The Labute approximate surface area is 160 Å². The number of H-pyrrole nitrogens is 1. The van der Waals surface area contributed by atoms with Crippen LogP contribution in [0.3, 0.4) is 0 Å². The molecule has 1 N–H and O–H groups in total. The second-order valence-electron chi connectivity index (χ2n) is 6.26. The number of aromatic amines is 1. The molecule has 0 atom stereocenters. The highest BCUT2D eigenvalue weighted by atomic mass is 16.5. The topological polar surface area (TPSA) is 85.4 Å². The van der Waals surface area contributed by atoms with Crippen LogP contribution in [-0.4, -0.2) is 22.3 Å². The van der Waals surface area contributed by atoms with Crippen molar-refractivity contribution in [2.45, 2.75) is 12.8 Å². The molecule has 0 fully saturated rings. The standard InChI is InChI=1S/C21H16N4O3/c1-22-16-7-8-18(27-2)14(10-16)11-19-24-25-20(28-19)12-15-9-13-5-3-4-6-17(13)23-21(15)26/h3-10H,11-12H2,2H3,(H,23,26). The Hall–Kier alpha value is -3.92. The molecule has 0 aliphatic carbocycles. The molecule has 0 aliphatic rings. The molecule has 28 heavy (non-hydrogen) atoms. The van der Waals surface area contributed by atoms with Gasteiger partial charge in [0, 0.05) is 11.1 Å². The maximum atomic E-state index is 12.3. The Morgan fingerprint density at radius 3 is 2.57 bits per heavy atom. The number of methoxy groups -OCH3 is 1. The van der Waals surface area contributed by atoms with Crippen molar-refractivity contribution < 1.29 is 9.15 Å². The predicted molar refractivity (Wildman–Crippen MR) is 104 cm³/mol. The first kappa shape index (κ1) is 17.5. The van der Waals surface area contributed by atoms with Crippen molar-refractivity contribution >= 4 is 16.6 Å². The fraction of sp³-hybridized carbons (Fsp3) is 0.143. The van der Waals surface area contributed by atoms with Crippen molar-refractivity contribution in [1.82, 2.24) is 15.2 Å². The molecule has 0 saturated heterocycles. The van der Waals surface area contributed by atoms with Crippen molar-refractivity contribution in [3.63, 3.8) is 0 Å². The molecular weight excluding hydrogens is 356 g/mol. The van der Waals surface area contributed by atoms with E-state index < -0.39 is 0 Å². The van der Waals surface area contributed by atoms with Crippen LogP contribution in [-0.2, 0) is 12.8 Å². The van der Waals surface area contributed by atoms with Crippen LogP contribution in [0.15, 0.2) is 57.7 Å². The van der Waals surface area contributed by atoms with Crippen LogP contribution in [0, 0.1) is 6.57 Å². The van der Waals surface area contributed by atoms with Crippen LogP contribution in [0.5, 0.6) is 5.75 Å². The third-order valence-electron chi connectivity index (χ3n) is 4.42. The van der Waals surface area contributed by atoms with E-state index in [0.717, 1.165) is 16.5 Å². The van der Waals surface area contributed by atoms with Gasteiger partial charge in [-0.25, -0.2) is 4.85 Å². The molecule has 138 valence electrons. The zero-order valence-corrected chi connectivity index (χ0v) is 15.1. The van der Waals surface area contributed by atoms with E-state index in [1.165, 1.54) is 0 Å². The van der Waals surface area contributed by atoms with Crippen LogP contribution < -0.4 is 10.3 Å². The first-order valence-corrected chi connectivity index (χ1v) is 8.63. The molecule has 7 heteroatoms. The summed E-state index contributed by atoms with van der Waals surface area (Å²) in [6.07, 6.45) is 0.583. The van der Waals surface area contributed by atoms with E-state index in [9.17, 15) is 4.79 Å². The van der Waals surface area contributed by atoms with Gasteiger partial charge in [-0.2, -0.15) is 0 Å². The molecule has 2 aromatic heterocycles. The van der Waals surface area contributed by atoms with E-state index in [-0.39, 0.29) is 12.0 Å². The minimum Gasteiger partial charge on any atom is -0.497 e. The lowest BCUT2D eigenvalue weighted by molar-refractivity contribution is 0.407. The summed E-state index contributed by atoms with van der Waals surface area (Å²) >= 11 is 0. The molecule has 0 bridgehead atoms. The fourth-order valence-electron chi connectivity index (χ4n) is 3.05. The second kappa shape index (κ2) is 7.37. The van der Waals surface area contributed by atoms with Gasteiger partial charge in [-0.05, 0) is 35.2 Å². The Bertz CT molecular complexity index is 1250. The maximum absolute atomic E-state index is 12.3. The lowest BCUT2D eigenvalue weighted by atomic mass is 10.1. The van der Waals surface area contributed by atoms with Gasteiger partial charge in [0.25, 0.3) is 5.56 Å². The van der Waals surface area contributed by atoms with Gasteiger partial charge in [-0.1, -0.05) is 24.3 Å². The lowest BCUT2D eigenvalue weighted by Gasteiger charge is -2.06. The Morgan fingerprint density at radius 1 is 1.07 bits per heavy atom. The number of hydrogen-bond acceptors (Lipinski definition) is 5. The molecule has 7 nitrogen and oxygen atoms in total. The molecule has 0 spiro atoms. The number of nitrogens with zero attached hydrogens (tertiary/aromatic N) is 3. The van der Waals surface area contributed by atoms with E-state index in [2.05, 4.69) is 20.0 Å². The predicted octanol–water partition coefficient (Wildman–Crippen LogP) is 3.65. The summed E-state index contributed by atoms with van der Waals surface area (Å²) in [6, 6.07) is 14.6. The van der Waals surface area contributed by atoms with Crippen LogP contribution in [0.25, 0.3) is 15.7 Å². The van der Waals surface area contributed by atoms with Gasteiger partial charge in [0.15, 0.2) is 5.69 Å². The minimum absolute atomic E-state index is 0.176. The van der Waals surface area contributed by atoms with Gasteiger partial charge in [0.2, 0.25) is 11.8 Å². The van der Waals surface area contributed by atoms with Crippen molar-refractivity contribution in [2.75, 3.05) is 7.11 Å². The number of fused-ring (bicyclic) bond motifs is 1. The normalized spacial score (nSPS) is 10.7. The molecule has 0 unspecified atom stereocenters. The van der Waals surface area contributed by atoms with Crippen LogP contribution in [0.2, 0.25) is 0 Å². The monoisotopic (exact) mass is 372 g/mol. The molecule has 0 radical (unpaired) electrons. The number of hydrogen-bond donors (Lipinski definition) is 1. The summed E-state index contributed by atoms with van der Waals surface area (Å²) in [4.78, 5) is 18.6. The summed E-state index contributed by atoms with van der Waals surface area (Å²) in [5, 5.41) is 9.07. The average Bonchev–Trinajstić information content (AvgIpc) is 3.15. The fourth-order valence-corrected chi connectivity index (χ4v) is 3.05. The summed E-state index contributed by atoms with van der Waals surface area (Å²) < 4.78 is 11.1. The average molecular weight is 372 g/mol. The Morgan fingerprint density at radius 2 is 1.82 bits per heavy atom. The third kappa shape index (κ3) is 3.48. The largest absolute Gasteiger partial charge is 0.497 e. The summed E-state index contributed by atoms with van der Waals surface area (Å²) in [5.74, 6) is 1.40. The maximum Gasteiger partial charge on any atom is 0.252 e. The highest BCUT2D eigenvalue weighted by molar-refractivity contribution is 5.78. The smallest absolute Gasteiger partial charge is 0.252 e. The summed E-state index contributed by atoms with van der Waals surface area (Å²) in [6.45, 7) is 7.15. The number of nitrogens with one attached hydrogen (secondary N) is 1. The Kier molecular flexibility index (Phi) is 4.60. The quantitative estimate of drug-likeness (QED) is 0.541. The number of para-hydroxylation sites is 1. The van der Waals surface area contributed by atoms with Crippen molar-refractivity contribution in [3.8, 4) is 5.75 Å². The first-order chi connectivity index (χ1) is 13.7. The third-order valence-corrected chi connectivity index (χ3v) is 4.42. The van der Waals surface area contributed by atoms with Crippen LogP contribution in [0.4, 0.5) is 5.69 Å². The van der Waals surface area contributed by atoms with Gasteiger partial charge in [-0.15, -0.1) is 10.2 Å². The lowest BCUT2D eigenvalue weighted by Crippen LogP contribution is -2.12. The summed E-state index contributed by atoms with van der Waals surface area (Å²) in [7, 11) is 1.57. The molecule has 2 heterocycles. The zero-order chi connectivity index (χ0) is 19.5. The number of ether oxygens (including phenoxy) is 1. The number of benzene rings is 2. The van der Waals surface area contributed by atoms with E-state index in [0.29, 0.717) is 35.2 Å². The van der Waals surface area contributed by atoms with E-state index >= 15 is 0 Å². The number of aromatic nitrogens is 3. The van der Waals surface area contributed by atoms with E-state index in [1.807, 2.05) is 30.3 Å². The zero-order valence-electron chi connectivity index (χ0n) is 15.1. The minimum atomic E-state index is -0.176. The number of rotatable bonds is 5. The van der Waals surface area contributed by atoms with Gasteiger partial charge in [0.1, 0.15) is 5.75 Å².